The van der Waals surface area contributed by atoms with Crippen LogP contribution in [0.4, 0.5) is 0 Å². The Hall–Kier alpha value is -3.53. The Morgan fingerprint density at radius 1 is 1.10 bits per heavy atom. The molecule has 4 aromatic rings. The molecule has 214 valence electrons. The molecule has 1 saturated heterocycles. The Labute approximate surface area is 246 Å². The fourth-order valence-electron chi connectivity index (χ4n) is 9.48. The molecule has 2 fully saturated rings. The third-order valence-corrected chi connectivity index (χ3v) is 11.4. The molecule has 6 heteroatoms. The summed E-state index contributed by atoms with van der Waals surface area (Å²) in [5.41, 5.74) is 4.77. The van der Waals surface area contributed by atoms with Crippen LogP contribution in [-0.4, -0.2) is 46.4 Å². The molecular formula is C36H37N3O3. The number of nitriles is 1. The van der Waals surface area contributed by atoms with Gasteiger partial charge in [-0.25, -0.2) is 0 Å². The topological polar surface area (TPSA) is 70.6 Å². The van der Waals surface area contributed by atoms with E-state index in [1.54, 1.807) is 7.11 Å². The molecule has 4 atom stereocenters. The van der Waals surface area contributed by atoms with E-state index < -0.39 is 11.0 Å². The van der Waals surface area contributed by atoms with Crippen LogP contribution in [0.3, 0.4) is 0 Å². The van der Waals surface area contributed by atoms with Crippen LogP contribution < -0.4 is 9.47 Å². The molecule has 3 heterocycles. The standard InChI is InChI=1S/C36H37N3O3/c1-41-28-14-12-24-19-29-36(40)20-27-26-13-11-23-7-3-4-8-25(23)31(26)39(17-6-2-5-16-37)32(27)34-35(36,30(24)33(28)42-34)15-18-38(29)21-22-9-10-22/h3-4,7-8,11-14,22,29,34,40H,2,5-6,9-10,15,17-21H2,1H3/t29-,34?,35+,36?/m1/s1. The van der Waals surface area contributed by atoms with Gasteiger partial charge in [0.15, 0.2) is 17.6 Å². The maximum Gasteiger partial charge on any atom is 0.166 e. The van der Waals surface area contributed by atoms with E-state index in [0.717, 1.165) is 62.7 Å². The summed E-state index contributed by atoms with van der Waals surface area (Å²) in [6, 6.07) is 19.9. The fourth-order valence-corrected chi connectivity index (χ4v) is 9.48. The van der Waals surface area contributed by atoms with Crippen LogP contribution in [0.25, 0.3) is 21.7 Å². The second-order valence-electron chi connectivity index (χ2n) is 13.4. The van der Waals surface area contributed by atoms with Crippen molar-refractivity contribution in [3.63, 3.8) is 0 Å². The normalized spacial score (nSPS) is 28.8. The number of aliphatic hydroxyl groups is 1. The summed E-state index contributed by atoms with van der Waals surface area (Å²) in [5, 5.41) is 26.3. The van der Waals surface area contributed by atoms with Crippen molar-refractivity contribution in [2.75, 3.05) is 20.2 Å². The first-order chi connectivity index (χ1) is 20.6. The SMILES string of the molecule is COc1ccc2c3c1OC1c4c(c5ccc6ccccc6c5n4CCCCC#N)CC4(O)[C@@H](C2)N(CC2CC2)CC[C@]314. The Kier molecular flexibility index (Phi) is 5.21. The second-order valence-corrected chi connectivity index (χ2v) is 13.4. The zero-order valence-electron chi connectivity index (χ0n) is 24.2. The van der Waals surface area contributed by atoms with Crippen LogP contribution in [0.1, 0.15) is 67.0 Å². The van der Waals surface area contributed by atoms with E-state index in [1.165, 1.54) is 56.9 Å². The summed E-state index contributed by atoms with van der Waals surface area (Å²) < 4.78 is 15.6. The molecule has 5 aliphatic rings. The minimum absolute atomic E-state index is 0.0624. The summed E-state index contributed by atoms with van der Waals surface area (Å²) in [5.74, 6) is 2.38. The minimum atomic E-state index is -0.937. The maximum atomic E-state index is 13.3. The highest BCUT2D eigenvalue weighted by Crippen LogP contribution is 2.69. The number of ether oxygens (including phenoxy) is 2. The monoisotopic (exact) mass is 559 g/mol. The van der Waals surface area contributed by atoms with Crippen LogP contribution in [0.5, 0.6) is 11.5 Å². The summed E-state index contributed by atoms with van der Waals surface area (Å²) in [4.78, 5) is 2.63. The van der Waals surface area contributed by atoms with Gasteiger partial charge in [0, 0.05) is 48.3 Å². The summed E-state index contributed by atoms with van der Waals surface area (Å²) in [6.07, 6.45) is 7.05. The molecule has 42 heavy (non-hydrogen) atoms. The van der Waals surface area contributed by atoms with Gasteiger partial charge in [0.05, 0.1) is 35.4 Å². The molecule has 1 saturated carbocycles. The van der Waals surface area contributed by atoms with E-state index in [1.807, 2.05) is 0 Å². The lowest BCUT2D eigenvalue weighted by Gasteiger charge is -2.63. The van der Waals surface area contributed by atoms with E-state index in [2.05, 4.69) is 64.1 Å². The average molecular weight is 560 g/mol. The Balaban J connectivity index is 1.32. The highest BCUT2D eigenvalue weighted by atomic mass is 16.5. The van der Waals surface area contributed by atoms with Crippen molar-refractivity contribution < 1.29 is 14.6 Å². The number of benzene rings is 3. The number of likely N-dealkylation sites (tertiary alicyclic amines) is 1. The second kappa shape index (κ2) is 8.75. The lowest BCUT2D eigenvalue weighted by molar-refractivity contribution is -0.173. The van der Waals surface area contributed by atoms with Crippen LogP contribution in [0, 0.1) is 17.2 Å². The third-order valence-electron chi connectivity index (χ3n) is 11.4. The van der Waals surface area contributed by atoms with Crippen molar-refractivity contribution in [2.24, 2.45) is 5.92 Å². The number of rotatable bonds is 7. The zero-order valence-corrected chi connectivity index (χ0v) is 24.2. The molecule has 1 aromatic heterocycles. The molecule has 2 unspecified atom stereocenters. The van der Waals surface area contributed by atoms with Crippen molar-refractivity contribution in [1.29, 1.82) is 5.26 Å². The van der Waals surface area contributed by atoms with Crippen molar-refractivity contribution in [3.8, 4) is 17.6 Å². The number of aromatic nitrogens is 1. The molecule has 6 nitrogen and oxygen atoms in total. The largest absolute Gasteiger partial charge is 0.493 e. The number of fused-ring (bicyclic) bond motifs is 6. The maximum absolute atomic E-state index is 13.3. The number of methoxy groups -OCH3 is 1. The molecule has 1 spiro atoms. The smallest absolute Gasteiger partial charge is 0.166 e. The zero-order chi connectivity index (χ0) is 28.2. The van der Waals surface area contributed by atoms with E-state index in [0.29, 0.717) is 12.8 Å². The number of nitrogens with zero attached hydrogens (tertiary/aromatic N) is 3. The number of hydrogen-bond donors (Lipinski definition) is 1. The predicted molar refractivity (Wildman–Crippen MR) is 162 cm³/mol. The first kappa shape index (κ1) is 25.0. The molecule has 2 bridgehead atoms. The fraction of sp³-hybridized carbons (Fsp3) is 0.472. The highest BCUT2D eigenvalue weighted by molar-refractivity contribution is 6.08. The molecule has 9 rings (SSSR count). The van der Waals surface area contributed by atoms with Gasteiger partial charge in [0.25, 0.3) is 0 Å². The van der Waals surface area contributed by atoms with Gasteiger partial charge in [-0.2, -0.15) is 5.26 Å². The first-order valence-corrected chi connectivity index (χ1v) is 15.8. The van der Waals surface area contributed by atoms with Crippen LogP contribution in [0.15, 0.2) is 48.5 Å². The van der Waals surface area contributed by atoms with Crippen LogP contribution >= 0.6 is 0 Å². The van der Waals surface area contributed by atoms with Crippen LogP contribution in [0.2, 0.25) is 0 Å². The van der Waals surface area contributed by atoms with Gasteiger partial charge in [-0.15, -0.1) is 0 Å². The Morgan fingerprint density at radius 2 is 1.98 bits per heavy atom. The lowest BCUT2D eigenvalue weighted by Crippen LogP contribution is -2.74. The molecule has 0 radical (unpaired) electrons. The molecule has 1 N–H and O–H groups in total. The van der Waals surface area contributed by atoms with Gasteiger partial charge in [0.1, 0.15) is 0 Å². The van der Waals surface area contributed by atoms with Crippen molar-refractivity contribution in [2.45, 2.75) is 81.1 Å². The van der Waals surface area contributed by atoms with Crippen LogP contribution in [-0.2, 0) is 24.8 Å². The van der Waals surface area contributed by atoms with Gasteiger partial charge in [-0.05, 0) is 73.6 Å². The molecule has 3 aromatic carbocycles. The molecule has 3 aliphatic carbocycles. The lowest BCUT2D eigenvalue weighted by atomic mass is 9.49. The van der Waals surface area contributed by atoms with Gasteiger partial charge in [0.2, 0.25) is 0 Å². The minimum Gasteiger partial charge on any atom is -0.493 e. The Morgan fingerprint density at radius 3 is 2.81 bits per heavy atom. The summed E-state index contributed by atoms with van der Waals surface area (Å²) in [7, 11) is 1.72. The third kappa shape index (κ3) is 3.06. The highest BCUT2D eigenvalue weighted by Gasteiger charge is 2.73. The summed E-state index contributed by atoms with van der Waals surface area (Å²) in [6.45, 7) is 2.90. The molecule has 0 amide bonds. The van der Waals surface area contributed by atoms with Gasteiger partial charge in [-0.1, -0.05) is 42.5 Å². The van der Waals surface area contributed by atoms with E-state index in [-0.39, 0.29) is 12.1 Å². The quantitative estimate of drug-likeness (QED) is 0.273. The van der Waals surface area contributed by atoms with Crippen molar-refractivity contribution >= 4 is 21.7 Å². The van der Waals surface area contributed by atoms with E-state index >= 15 is 0 Å². The molecular weight excluding hydrogens is 522 g/mol. The predicted octanol–water partition coefficient (Wildman–Crippen LogP) is 6.20. The number of aryl methyl sites for hydroxylation is 1. The van der Waals surface area contributed by atoms with Gasteiger partial charge >= 0.3 is 0 Å². The molecule has 2 aliphatic heterocycles. The number of unbranched alkanes of at least 4 members (excludes halogenated alkanes) is 2. The van der Waals surface area contributed by atoms with Crippen molar-refractivity contribution in [1.82, 2.24) is 9.47 Å². The average Bonchev–Trinajstić information content (AvgIpc) is 3.67. The Bertz CT molecular complexity index is 1820. The first-order valence-electron chi connectivity index (χ1n) is 15.8. The van der Waals surface area contributed by atoms with Gasteiger partial charge < -0.3 is 19.1 Å². The van der Waals surface area contributed by atoms with Gasteiger partial charge in [-0.3, -0.25) is 4.90 Å². The number of hydrogen-bond acceptors (Lipinski definition) is 5. The number of piperidine rings is 1. The van der Waals surface area contributed by atoms with Crippen molar-refractivity contribution in [3.05, 3.63) is 70.9 Å². The summed E-state index contributed by atoms with van der Waals surface area (Å²) >= 11 is 0. The van der Waals surface area contributed by atoms with E-state index in [4.69, 9.17) is 9.47 Å². The van der Waals surface area contributed by atoms with E-state index in [9.17, 15) is 10.4 Å².